The maximum Gasteiger partial charge on any atom is 0.148 e. The van der Waals surface area contributed by atoms with Crippen molar-refractivity contribution in [2.75, 3.05) is 25.0 Å². The predicted molar refractivity (Wildman–Crippen MR) is 90.0 cm³/mol. The summed E-state index contributed by atoms with van der Waals surface area (Å²) < 4.78 is 5.68. The van der Waals surface area contributed by atoms with E-state index >= 15 is 0 Å². The van der Waals surface area contributed by atoms with Crippen LogP contribution in [0.3, 0.4) is 0 Å². The summed E-state index contributed by atoms with van der Waals surface area (Å²) in [6, 6.07) is 11.8. The highest BCUT2D eigenvalue weighted by Crippen LogP contribution is 2.21. The maximum atomic E-state index is 5.68. The van der Waals surface area contributed by atoms with Gasteiger partial charge < -0.3 is 15.8 Å². The molecule has 22 heavy (non-hydrogen) atoms. The molecule has 0 radical (unpaired) electrons. The second-order valence-corrected chi connectivity index (χ2v) is 5.60. The molecule has 3 N–H and O–H groups in total. The number of hydrogen-bond donors (Lipinski definition) is 2. The standard InChI is InChI=1S/C17H24N4O/c1-13(2)12-22-15-6-4-14(5-7-15)16-8-9-17(21-20-16)19-11-3-10-18/h4-9,13H,3,10-12,18H2,1-2H3,(H,19,21). The molecular formula is C17H24N4O. The van der Waals surface area contributed by atoms with Crippen LogP contribution >= 0.6 is 0 Å². The van der Waals surface area contributed by atoms with E-state index in [4.69, 9.17) is 10.5 Å². The minimum atomic E-state index is 0.518. The molecule has 0 saturated carbocycles. The zero-order valence-electron chi connectivity index (χ0n) is 13.2. The van der Waals surface area contributed by atoms with Crippen molar-refractivity contribution in [1.29, 1.82) is 0 Å². The van der Waals surface area contributed by atoms with E-state index in [1.807, 2.05) is 36.4 Å². The largest absolute Gasteiger partial charge is 0.493 e. The van der Waals surface area contributed by atoms with Gasteiger partial charge in [-0.25, -0.2) is 0 Å². The molecule has 0 bridgehead atoms. The Morgan fingerprint density at radius 2 is 1.86 bits per heavy atom. The number of nitrogens with two attached hydrogens (primary N) is 1. The molecule has 0 spiro atoms. The van der Waals surface area contributed by atoms with Gasteiger partial charge in [0.2, 0.25) is 0 Å². The summed E-state index contributed by atoms with van der Waals surface area (Å²) in [5, 5.41) is 11.6. The minimum absolute atomic E-state index is 0.518. The Hall–Kier alpha value is -2.14. The van der Waals surface area contributed by atoms with Gasteiger partial charge in [-0.3, -0.25) is 0 Å². The molecule has 0 atom stereocenters. The molecule has 5 heteroatoms. The van der Waals surface area contributed by atoms with Gasteiger partial charge in [0.15, 0.2) is 0 Å². The van der Waals surface area contributed by atoms with Crippen molar-refractivity contribution in [2.24, 2.45) is 11.7 Å². The average molecular weight is 300 g/mol. The van der Waals surface area contributed by atoms with Crippen molar-refractivity contribution in [3.63, 3.8) is 0 Å². The Morgan fingerprint density at radius 3 is 2.45 bits per heavy atom. The third kappa shape index (κ3) is 5.00. The van der Waals surface area contributed by atoms with Crippen molar-refractivity contribution in [3.8, 4) is 17.0 Å². The number of hydrogen-bond acceptors (Lipinski definition) is 5. The molecule has 5 nitrogen and oxygen atoms in total. The Labute approximate surface area is 131 Å². The first-order valence-corrected chi connectivity index (χ1v) is 7.70. The van der Waals surface area contributed by atoms with Crippen LogP contribution in [-0.2, 0) is 0 Å². The quantitative estimate of drug-likeness (QED) is 0.733. The number of nitrogens with one attached hydrogen (secondary N) is 1. The molecule has 1 heterocycles. The molecule has 0 aliphatic heterocycles. The summed E-state index contributed by atoms with van der Waals surface area (Å²) >= 11 is 0. The number of benzene rings is 1. The van der Waals surface area contributed by atoms with Crippen LogP contribution in [0.15, 0.2) is 36.4 Å². The van der Waals surface area contributed by atoms with Crippen molar-refractivity contribution >= 4 is 5.82 Å². The molecule has 0 unspecified atom stereocenters. The van der Waals surface area contributed by atoms with Crippen LogP contribution in [0, 0.1) is 5.92 Å². The molecule has 1 aromatic heterocycles. The first-order chi connectivity index (χ1) is 10.7. The van der Waals surface area contributed by atoms with E-state index < -0.39 is 0 Å². The van der Waals surface area contributed by atoms with Gasteiger partial charge in [-0.05, 0) is 55.3 Å². The summed E-state index contributed by atoms with van der Waals surface area (Å²) in [4.78, 5) is 0. The molecule has 0 aliphatic carbocycles. The third-order valence-corrected chi connectivity index (χ3v) is 3.08. The predicted octanol–water partition coefficient (Wildman–Crippen LogP) is 2.94. The molecule has 0 amide bonds. The fourth-order valence-corrected chi connectivity index (χ4v) is 1.88. The number of rotatable bonds is 8. The van der Waals surface area contributed by atoms with Gasteiger partial charge in [0.25, 0.3) is 0 Å². The summed E-state index contributed by atoms with van der Waals surface area (Å²) in [6.45, 7) is 6.47. The van der Waals surface area contributed by atoms with Crippen molar-refractivity contribution < 1.29 is 4.74 Å². The van der Waals surface area contributed by atoms with Crippen LogP contribution in [-0.4, -0.2) is 29.9 Å². The summed E-state index contributed by atoms with van der Waals surface area (Å²) in [5.41, 5.74) is 7.33. The van der Waals surface area contributed by atoms with Gasteiger partial charge in [-0.1, -0.05) is 13.8 Å². The zero-order valence-corrected chi connectivity index (χ0v) is 13.2. The first kappa shape index (κ1) is 16.2. The van der Waals surface area contributed by atoms with Crippen LogP contribution < -0.4 is 15.8 Å². The molecule has 0 saturated heterocycles. The fraction of sp³-hybridized carbons (Fsp3) is 0.412. The molecule has 2 aromatic rings. The Morgan fingerprint density at radius 1 is 1.09 bits per heavy atom. The lowest BCUT2D eigenvalue weighted by molar-refractivity contribution is 0.271. The topological polar surface area (TPSA) is 73.1 Å². The monoisotopic (exact) mass is 300 g/mol. The van der Waals surface area contributed by atoms with Crippen molar-refractivity contribution in [3.05, 3.63) is 36.4 Å². The number of anilines is 1. The Bertz CT molecular complexity index is 552. The number of nitrogens with zero attached hydrogens (tertiary/aromatic N) is 2. The second-order valence-electron chi connectivity index (χ2n) is 5.60. The third-order valence-electron chi connectivity index (χ3n) is 3.08. The van der Waals surface area contributed by atoms with Gasteiger partial charge in [0.1, 0.15) is 11.6 Å². The molecule has 118 valence electrons. The van der Waals surface area contributed by atoms with Gasteiger partial charge in [-0.2, -0.15) is 0 Å². The van der Waals surface area contributed by atoms with E-state index in [1.165, 1.54) is 0 Å². The van der Waals surface area contributed by atoms with Gasteiger partial charge in [-0.15, -0.1) is 10.2 Å². The summed E-state index contributed by atoms with van der Waals surface area (Å²) in [6.07, 6.45) is 0.918. The zero-order chi connectivity index (χ0) is 15.8. The minimum Gasteiger partial charge on any atom is -0.493 e. The lowest BCUT2D eigenvalue weighted by atomic mass is 10.1. The van der Waals surface area contributed by atoms with Crippen LogP contribution in [0.25, 0.3) is 11.3 Å². The normalized spacial score (nSPS) is 10.7. The van der Waals surface area contributed by atoms with Crippen LogP contribution in [0.2, 0.25) is 0 Å². The Kier molecular flexibility index (Phi) is 6.15. The number of ether oxygens (including phenoxy) is 1. The van der Waals surface area contributed by atoms with E-state index in [0.29, 0.717) is 12.5 Å². The average Bonchev–Trinajstić information content (AvgIpc) is 2.54. The lowest BCUT2D eigenvalue weighted by Crippen LogP contribution is -2.09. The van der Waals surface area contributed by atoms with Gasteiger partial charge in [0.05, 0.1) is 12.3 Å². The highest BCUT2D eigenvalue weighted by Gasteiger charge is 2.02. The maximum absolute atomic E-state index is 5.68. The molecule has 0 fully saturated rings. The second kappa shape index (κ2) is 8.34. The first-order valence-electron chi connectivity index (χ1n) is 7.70. The van der Waals surface area contributed by atoms with Crippen LogP contribution in [0.5, 0.6) is 5.75 Å². The molecule has 0 aliphatic rings. The molecule has 1 aromatic carbocycles. The van der Waals surface area contributed by atoms with Gasteiger partial charge in [0, 0.05) is 12.1 Å². The van der Waals surface area contributed by atoms with E-state index in [1.54, 1.807) is 0 Å². The van der Waals surface area contributed by atoms with Crippen LogP contribution in [0.4, 0.5) is 5.82 Å². The number of aromatic nitrogens is 2. The highest BCUT2D eigenvalue weighted by atomic mass is 16.5. The van der Waals surface area contributed by atoms with E-state index in [2.05, 4.69) is 29.4 Å². The fourth-order valence-electron chi connectivity index (χ4n) is 1.88. The summed E-state index contributed by atoms with van der Waals surface area (Å²) in [5.74, 6) is 2.17. The van der Waals surface area contributed by atoms with Crippen LogP contribution in [0.1, 0.15) is 20.3 Å². The van der Waals surface area contributed by atoms with Crippen molar-refractivity contribution in [1.82, 2.24) is 10.2 Å². The smallest absolute Gasteiger partial charge is 0.148 e. The van der Waals surface area contributed by atoms with E-state index in [-0.39, 0.29) is 0 Å². The SMILES string of the molecule is CC(C)COc1ccc(-c2ccc(NCCCN)nn2)cc1. The molecule has 2 rings (SSSR count). The summed E-state index contributed by atoms with van der Waals surface area (Å²) in [7, 11) is 0. The lowest BCUT2D eigenvalue weighted by Gasteiger charge is -2.09. The van der Waals surface area contributed by atoms with Gasteiger partial charge >= 0.3 is 0 Å². The van der Waals surface area contributed by atoms with Crippen molar-refractivity contribution in [2.45, 2.75) is 20.3 Å². The Balaban J connectivity index is 1.96. The van der Waals surface area contributed by atoms with E-state index in [0.717, 1.165) is 42.4 Å². The highest BCUT2D eigenvalue weighted by molar-refractivity contribution is 5.60. The molecular weight excluding hydrogens is 276 g/mol. The van der Waals surface area contributed by atoms with E-state index in [9.17, 15) is 0 Å².